The fraction of sp³-hybridized carbons (Fsp3) is 0.375. The number of benzene rings is 1. The summed E-state index contributed by atoms with van der Waals surface area (Å²) in [7, 11) is 1.92. The van der Waals surface area contributed by atoms with Crippen LogP contribution < -0.4 is 10.2 Å². The van der Waals surface area contributed by atoms with Gasteiger partial charge in [0, 0.05) is 50.5 Å². The van der Waals surface area contributed by atoms with E-state index in [1.807, 2.05) is 7.05 Å². The highest BCUT2D eigenvalue weighted by atomic mass is 32.1. The molecule has 1 aromatic carbocycles. The first-order valence-electron chi connectivity index (χ1n) is 7.77. The van der Waals surface area contributed by atoms with Gasteiger partial charge in [0.1, 0.15) is 5.82 Å². The summed E-state index contributed by atoms with van der Waals surface area (Å²) in [5.41, 5.74) is 1.16. The largest absolute Gasteiger partial charge is 0.365 e. The third kappa shape index (κ3) is 3.04. The molecule has 1 aliphatic heterocycles. The molecule has 4 rings (SSSR count). The molecule has 1 fully saturated rings. The average molecular weight is 345 g/mol. The lowest BCUT2D eigenvalue weighted by atomic mass is 10.2. The molecule has 2 aromatic heterocycles. The van der Waals surface area contributed by atoms with Crippen molar-refractivity contribution in [3.05, 3.63) is 35.3 Å². The molecular formula is C16H19N5S2. The molecule has 0 unspecified atom stereocenters. The van der Waals surface area contributed by atoms with Gasteiger partial charge in [-0.1, -0.05) is 12.1 Å². The number of hydrogen-bond donors (Lipinski definition) is 1. The molecule has 1 aliphatic rings. The lowest BCUT2D eigenvalue weighted by molar-refractivity contribution is 0.247. The Kier molecular flexibility index (Phi) is 4.15. The normalized spacial score (nSPS) is 16.1. The Bertz CT molecular complexity index is 788. The van der Waals surface area contributed by atoms with Gasteiger partial charge in [0.15, 0.2) is 5.13 Å². The number of aromatic nitrogens is 2. The van der Waals surface area contributed by atoms with Crippen molar-refractivity contribution in [2.45, 2.75) is 6.54 Å². The molecule has 3 heterocycles. The predicted octanol–water partition coefficient (Wildman–Crippen LogP) is 3.12. The zero-order valence-electron chi connectivity index (χ0n) is 13.0. The van der Waals surface area contributed by atoms with Gasteiger partial charge in [-0.05, 0) is 23.7 Å². The first kappa shape index (κ1) is 14.9. The SMILES string of the molecule is CNc1nc(CN2CCN(c3nsc4ccccc34)CC2)cs1. The highest BCUT2D eigenvalue weighted by molar-refractivity contribution is 7.14. The van der Waals surface area contributed by atoms with Crippen LogP contribution in [0.15, 0.2) is 29.6 Å². The van der Waals surface area contributed by atoms with Crippen molar-refractivity contribution in [2.75, 3.05) is 43.4 Å². The maximum atomic E-state index is 4.67. The number of nitrogens with one attached hydrogen (secondary N) is 1. The van der Waals surface area contributed by atoms with Gasteiger partial charge in [-0.3, -0.25) is 4.90 Å². The summed E-state index contributed by atoms with van der Waals surface area (Å²) in [5.74, 6) is 1.15. The first-order chi connectivity index (χ1) is 11.3. The highest BCUT2D eigenvalue weighted by Gasteiger charge is 2.21. The van der Waals surface area contributed by atoms with Crippen LogP contribution >= 0.6 is 22.9 Å². The lowest BCUT2D eigenvalue weighted by Gasteiger charge is -2.34. The van der Waals surface area contributed by atoms with E-state index in [1.165, 1.54) is 10.1 Å². The van der Waals surface area contributed by atoms with E-state index in [1.54, 1.807) is 22.9 Å². The molecule has 0 atom stereocenters. The molecule has 0 radical (unpaired) electrons. The molecule has 120 valence electrons. The monoisotopic (exact) mass is 345 g/mol. The van der Waals surface area contributed by atoms with Crippen LogP contribution in [0.1, 0.15) is 5.69 Å². The van der Waals surface area contributed by atoms with Gasteiger partial charge < -0.3 is 10.2 Å². The van der Waals surface area contributed by atoms with E-state index in [4.69, 9.17) is 0 Å². The summed E-state index contributed by atoms with van der Waals surface area (Å²) in [5, 5.41) is 7.52. The summed E-state index contributed by atoms with van der Waals surface area (Å²) < 4.78 is 5.94. The molecule has 1 N–H and O–H groups in total. The molecule has 23 heavy (non-hydrogen) atoms. The summed E-state index contributed by atoms with van der Waals surface area (Å²) in [4.78, 5) is 9.46. The van der Waals surface area contributed by atoms with Crippen LogP contribution in [-0.4, -0.2) is 47.5 Å². The summed E-state index contributed by atoms with van der Waals surface area (Å²) in [6.45, 7) is 5.09. The minimum Gasteiger partial charge on any atom is -0.365 e. The van der Waals surface area contributed by atoms with Crippen molar-refractivity contribution < 1.29 is 0 Å². The van der Waals surface area contributed by atoms with Gasteiger partial charge in [-0.2, -0.15) is 4.37 Å². The number of thiazole rings is 1. The minimum atomic E-state index is 0.934. The lowest BCUT2D eigenvalue weighted by Crippen LogP contribution is -2.46. The van der Waals surface area contributed by atoms with E-state index in [0.29, 0.717) is 0 Å². The minimum absolute atomic E-state index is 0.934. The molecule has 0 amide bonds. The smallest absolute Gasteiger partial charge is 0.182 e. The number of hydrogen-bond acceptors (Lipinski definition) is 7. The van der Waals surface area contributed by atoms with Crippen LogP contribution in [0.25, 0.3) is 10.1 Å². The average Bonchev–Trinajstić information content (AvgIpc) is 3.22. The molecule has 3 aromatic rings. The van der Waals surface area contributed by atoms with Gasteiger partial charge in [0.25, 0.3) is 0 Å². The van der Waals surface area contributed by atoms with Crippen LogP contribution in [0, 0.1) is 0 Å². The van der Waals surface area contributed by atoms with Gasteiger partial charge in [-0.15, -0.1) is 11.3 Å². The van der Waals surface area contributed by atoms with Crippen LogP contribution in [0.3, 0.4) is 0 Å². The Morgan fingerprint density at radius 1 is 1.17 bits per heavy atom. The Labute approximate surface area is 143 Å². The second-order valence-corrected chi connectivity index (χ2v) is 7.32. The standard InChI is InChI=1S/C16H19N5S2/c1-17-16-18-12(11-22-16)10-20-6-8-21(9-7-20)15-13-4-2-3-5-14(13)23-19-15/h2-5,11H,6-10H2,1H3,(H,17,18). The molecule has 0 aliphatic carbocycles. The second-order valence-electron chi connectivity index (χ2n) is 5.66. The van der Waals surface area contributed by atoms with Crippen LogP contribution in [0.2, 0.25) is 0 Å². The van der Waals surface area contributed by atoms with E-state index >= 15 is 0 Å². The molecule has 5 nitrogen and oxygen atoms in total. The van der Waals surface area contributed by atoms with Crippen LogP contribution in [-0.2, 0) is 6.54 Å². The third-order valence-electron chi connectivity index (χ3n) is 4.18. The van der Waals surface area contributed by atoms with Crippen LogP contribution in [0.4, 0.5) is 10.9 Å². The third-order valence-corrected chi connectivity index (χ3v) is 5.91. The molecule has 0 spiro atoms. The van der Waals surface area contributed by atoms with Gasteiger partial charge in [0.2, 0.25) is 0 Å². The van der Waals surface area contributed by atoms with Crippen molar-refractivity contribution in [1.29, 1.82) is 0 Å². The Morgan fingerprint density at radius 2 is 2.00 bits per heavy atom. The number of piperazine rings is 1. The zero-order valence-corrected chi connectivity index (χ0v) is 14.7. The van der Waals surface area contributed by atoms with Crippen LogP contribution in [0.5, 0.6) is 0 Å². The maximum absolute atomic E-state index is 4.67. The van der Waals surface area contributed by atoms with Crippen molar-refractivity contribution in [1.82, 2.24) is 14.3 Å². The summed E-state index contributed by atoms with van der Waals surface area (Å²) in [6, 6.07) is 8.50. The number of rotatable bonds is 4. The molecule has 1 saturated heterocycles. The van der Waals surface area contributed by atoms with Crippen molar-refractivity contribution in [2.24, 2.45) is 0 Å². The molecule has 0 bridgehead atoms. The van der Waals surface area contributed by atoms with Gasteiger partial charge in [0.05, 0.1) is 10.4 Å². The quantitative estimate of drug-likeness (QED) is 0.787. The van der Waals surface area contributed by atoms with E-state index in [-0.39, 0.29) is 0 Å². The predicted molar refractivity (Wildman–Crippen MR) is 98.8 cm³/mol. The van der Waals surface area contributed by atoms with E-state index in [0.717, 1.165) is 49.4 Å². The fourth-order valence-electron chi connectivity index (χ4n) is 2.94. The number of nitrogens with zero attached hydrogens (tertiary/aromatic N) is 4. The molecular weight excluding hydrogens is 326 g/mol. The summed E-state index contributed by atoms with van der Waals surface area (Å²) in [6.07, 6.45) is 0. The number of anilines is 2. The molecule has 0 saturated carbocycles. The van der Waals surface area contributed by atoms with E-state index < -0.39 is 0 Å². The first-order valence-corrected chi connectivity index (χ1v) is 9.42. The summed E-state index contributed by atoms with van der Waals surface area (Å²) >= 11 is 3.27. The fourth-order valence-corrected chi connectivity index (χ4v) is 4.40. The van der Waals surface area contributed by atoms with E-state index in [9.17, 15) is 0 Å². The van der Waals surface area contributed by atoms with Gasteiger partial charge in [-0.25, -0.2) is 4.98 Å². The Morgan fingerprint density at radius 3 is 2.78 bits per heavy atom. The van der Waals surface area contributed by atoms with E-state index in [2.05, 4.69) is 54.1 Å². The zero-order chi connectivity index (χ0) is 15.6. The Balaban J connectivity index is 1.40. The highest BCUT2D eigenvalue weighted by Crippen LogP contribution is 2.30. The van der Waals surface area contributed by atoms with Gasteiger partial charge >= 0.3 is 0 Å². The second kappa shape index (κ2) is 6.43. The molecule has 7 heteroatoms. The topological polar surface area (TPSA) is 44.3 Å². The van der Waals surface area contributed by atoms with Crippen molar-refractivity contribution in [3.8, 4) is 0 Å². The van der Waals surface area contributed by atoms with Crippen molar-refractivity contribution in [3.63, 3.8) is 0 Å². The maximum Gasteiger partial charge on any atom is 0.182 e. The Hall–Kier alpha value is -1.70. The number of fused-ring (bicyclic) bond motifs is 1. The van der Waals surface area contributed by atoms with Crippen molar-refractivity contribution >= 4 is 43.9 Å².